The predicted molar refractivity (Wildman–Crippen MR) is 85.6 cm³/mol. The molecule has 0 fully saturated rings. The summed E-state index contributed by atoms with van der Waals surface area (Å²) in [6.07, 6.45) is 0. The first kappa shape index (κ1) is 14.9. The molecule has 0 heterocycles. The summed E-state index contributed by atoms with van der Waals surface area (Å²) in [6, 6.07) is 11.0. The molecule has 0 unspecified atom stereocenters. The quantitative estimate of drug-likeness (QED) is 0.347. The lowest BCUT2D eigenvalue weighted by Gasteiger charge is -2.11. The van der Waals surface area contributed by atoms with E-state index in [2.05, 4.69) is 37.0 Å². The summed E-state index contributed by atoms with van der Waals surface area (Å²) in [5.41, 5.74) is 7.24. The predicted octanol–water partition coefficient (Wildman–Crippen LogP) is 4.41. The summed E-state index contributed by atoms with van der Waals surface area (Å²) >= 11 is 6.79. The molecule has 0 aliphatic carbocycles. The third-order valence-corrected chi connectivity index (χ3v) is 4.07. The third-order valence-electron chi connectivity index (χ3n) is 2.68. The average molecular weight is 400 g/mol. The van der Waals surface area contributed by atoms with Crippen LogP contribution < -0.4 is 10.5 Å². The van der Waals surface area contributed by atoms with Gasteiger partial charge in [-0.15, -0.1) is 0 Å². The first-order chi connectivity index (χ1) is 9.51. The molecule has 0 saturated heterocycles. The highest BCUT2D eigenvalue weighted by molar-refractivity contribution is 9.10. The van der Waals surface area contributed by atoms with Crippen LogP contribution in [0.1, 0.15) is 11.1 Å². The number of ether oxygens (including phenoxy) is 1. The fourth-order valence-electron chi connectivity index (χ4n) is 1.65. The van der Waals surface area contributed by atoms with Gasteiger partial charge in [-0.3, -0.25) is 0 Å². The van der Waals surface area contributed by atoms with Crippen LogP contribution in [0.2, 0.25) is 0 Å². The second-order valence-electron chi connectivity index (χ2n) is 4.14. The molecule has 0 saturated carbocycles. The number of benzene rings is 2. The Morgan fingerprint density at radius 1 is 1.20 bits per heavy atom. The van der Waals surface area contributed by atoms with Gasteiger partial charge < -0.3 is 15.7 Å². The van der Waals surface area contributed by atoms with E-state index in [-0.39, 0.29) is 5.84 Å². The molecule has 6 heteroatoms. The van der Waals surface area contributed by atoms with E-state index in [0.717, 1.165) is 14.5 Å². The molecule has 3 N–H and O–H groups in total. The van der Waals surface area contributed by atoms with Crippen LogP contribution in [0.4, 0.5) is 0 Å². The third kappa shape index (κ3) is 3.32. The maximum atomic E-state index is 8.84. The molecule has 4 nitrogen and oxygen atoms in total. The van der Waals surface area contributed by atoms with Crippen molar-refractivity contribution in [2.45, 2.75) is 6.92 Å². The molecule has 2 aromatic carbocycles. The second-order valence-corrected chi connectivity index (χ2v) is 5.91. The molecule has 0 amide bonds. The van der Waals surface area contributed by atoms with Crippen molar-refractivity contribution in [1.29, 1.82) is 0 Å². The van der Waals surface area contributed by atoms with E-state index in [1.54, 1.807) is 12.1 Å². The van der Waals surface area contributed by atoms with E-state index in [9.17, 15) is 0 Å². The van der Waals surface area contributed by atoms with Gasteiger partial charge in [0.05, 0.1) is 5.56 Å². The SMILES string of the molecule is Cc1cc(Oc2ccc(Br)cc2/C(N)=N/O)ccc1Br. The highest BCUT2D eigenvalue weighted by Gasteiger charge is 2.10. The van der Waals surface area contributed by atoms with Crippen molar-refractivity contribution < 1.29 is 9.94 Å². The number of hydrogen-bond donors (Lipinski definition) is 2. The van der Waals surface area contributed by atoms with E-state index in [1.165, 1.54) is 0 Å². The largest absolute Gasteiger partial charge is 0.457 e. The number of rotatable bonds is 3. The zero-order chi connectivity index (χ0) is 14.7. The van der Waals surface area contributed by atoms with E-state index < -0.39 is 0 Å². The van der Waals surface area contributed by atoms with Crippen LogP contribution in [0.15, 0.2) is 50.5 Å². The molecule has 0 aliphatic rings. The van der Waals surface area contributed by atoms with E-state index in [4.69, 9.17) is 15.7 Å². The fraction of sp³-hybridized carbons (Fsp3) is 0.0714. The van der Waals surface area contributed by atoms with Crippen molar-refractivity contribution in [2.75, 3.05) is 0 Å². The van der Waals surface area contributed by atoms with Crippen LogP contribution >= 0.6 is 31.9 Å². The number of hydrogen-bond acceptors (Lipinski definition) is 3. The van der Waals surface area contributed by atoms with Gasteiger partial charge in [0.25, 0.3) is 0 Å². The van der Waals surface area contributed by atoms with Crippen LogP contribution in [-0.4, -0.2) is 11.0 Å². The minimum absolute atomic E-state index is 0.00451. The molecule has 2 rings (SSSR count). The van der Waals surface area contributed by atoms with Crippen LogP contribution in [0.25, 0.3) is 0 Å². The van der Waals surface area contributed by atoms with Crippen molar-refractivity contribution >= 4 is 37.7 Å². The van der Waals surface area contributed by atoms with Gasteiger partial charge in [0.2, 0.25) is 0 Å². The minimum atomic E-state index is -0.00451. The zero-order valence-electron chi connectivity index (χ0n) is 10.6. The van der Waals surface area contributed by atoms with Crippen LogP contribution in [0, 0.1) is 6.92 Å². The zero-order valence-corrected chi connectivity index (χ0v) is 13.8. The number of aryl methyl sites for hydroxylation is 1. The molecule has 2 aromatic rings. The first-order valence-electron chi connectivity index (χ1n) is 5.72. The Kier molecular flexibility index (Phi) is 4.67. The van der Waals surface area contributed by atoms with Gasteiger partial charge in [-0.1, -0.05) is 37.0 Å². The van der Waals surface area contributed by atoms with Gasteiger partial charge >= 0.3 is 0 Å². The van der Waals surface area contributed by atoms with E-state index in [1.807, 2.05) is 31.2 Å². The molecule has 0 aromatic heterocycles. The van der Waals surface area contributed by atoms with Crippen molar-refractivity contribution in [2.24, 2.45) is 10.9 Å². The van der Waals surface area contributed by atoms with Gasteiger partial charge in [-0.25, -0.2) is 0 Å². The minimum Gasteiger partial charge on any atom is -0.457 e. The molecule has 20 heavy (non-hydrogen) atoms. The Labute approximate surface area is 133 Å². The Morgan fingerprint density at radius 2 is 1.95 bits per heavy atom. The standard InChI is InChI=1S/C14H12Br2N2O2/c1-8-6-10(3-4-12(8)16)20-13-5-2-9(15)7-11(13)14(17)18-19/h2-7,19H,1H3,(H2,17,18). The first-order valence-corrected chi connectivity index (χ1v) is 7.31. The summed E-state index contributed by atoms with van der Waals surface area (Å²) in [4.78, 5) is 0. The fourth-order valence-corrected chi connectivity index (χ4v) is 2.26. The highest BCUT2D eigenvalue weighted by Crippen LogP contribution is 2.30. The number of nitrogens with two attached hydrogens (primary N) is 1. The Balaban J connectivity index is 2.40. The molecule has 0 spiro atoms. The molecule has 0 atom stereocenters. The lowest BCUT2D eigenvalue weighted by Crippen LogP contribution is -2.14. The van der Waals surface area contributed by atoms with Crippen LogP contribution in [0.3, 0.4) is 0 Å². The molecular weight excluding hydrogens is 388 g/mol. The molecule has 0 bridgehead atoms. The Hall–Kier alpha value is -1.53. The van der Waals surface area contributed by atoms with Crippen molar-refractivity contribution in [1.82, 2.24) is 0 Å². The molecule has 104 valence electrons. The summed E-state index contributed by atoms with van der Waals surface area (Å²) in [5.74, 6) is 1.19. The Morgan fingerprint density at radius 3 is 2.60 bits per heavy atom. The lowest BCUT2D eigenvalue weighted by molar-refractivity contribution is 0.318. The number of oxime groups is 1. The van der Waals surface area contributed by atoms with Gasteiger partial charge in [0.15, 0.2) is 5.84 Å². The second kappa shape index (κ2) is 6.28. The smallest absolute Gasteiger partial charge is 0.173 e. The van der Waals surface area contributed by atoms with Gasteiger partial charge in [0.1, 0.15) is 11.5 Å². The Bertz CT molecular complexity index is 672. The highest BCUT2D eigenvalue weighted by atomic mass is 79.9. The van der Waals surface area contributed by atoms with Crippen molar-refractivity contribution in [3.63, 3.8) is 0 Å². The number of halogens is 2. The van der Waals surface area contributed by atoms with Gasteiger partial charge in [-0.2, -0.15) is 0 Å². The maximum absolute atomic E-state index is 8.84. The van der Waals surface area contributed by atoms with E-state index in [0.29, 0.717) is 17.1 Å². The molecule has 0 radical (unpaired) electrons. The van der Waals surface area contributed by atoms with Gasteiger partial charge in [-0.05, 0) is 48.9 Å². The number of amidine groups is 1. The summed E-state index contributed by atoms with van der Waals surface area (Å²) in [7, 11) is 0. The monoisotopic (exact) mass is 398 g/mol. The van der Waals surface area contributed by atoms with E-state index >= 15 is 0 Å². The molecule has 0 aliphatic heterocycles. The van der Waals surface area contributed by atoms with Gasteiger partial charge in [0, 0.05) is 8.95 Å². The normalized spacial score (nSPS) is 11.4. The lowest BCUT2D eigenvalue weighted by atomic mass is 10.2. The van der Waals surface area contributed by atoms with Crippen molar-refractivity contribution in [3.8, 4) is 11.5 Å². The maximum Gasteiger partial charge on any atom is 0.173 e. The number of nitrogens with zero attached hydrogens (tertiary/aromatic N) is 1. The summed E-state index contributed by atoms with van der Waals surface area (Å²) in [6.45, 7) is 1.98. The van der Waals surface area contributed by atoms with Crippen molar-refractivity contribution in [3.05, 3.63) is 56.5 Å². The average Bonchev–Trinajstić information content (AvgIpc) is 2.44. The summed E-state index contributed by atoms with van der Waals surface area (Å²) < 4.78 is 7.64. The summed E-state index contributed by atoms with van der Waals surface area (Å²) in [5, 5.41) is 11.9. The topological polar surface area (TPSA) is 67.8 Å². The van der Waals surface area contributed by atoms with Crippen LogP contribution in [-0.2, 0) is 0 Å². The molecular formula is C14H12Br2N2O2. The van der Waals surface area contributed by atoms with Crippen LogP contribution in [0.5, 0.6) is 11.5 Å².